The van der Waals surface area contributed by atoms with Crippen LogP contribution in [0.2, 0.25) is 5.02 Å². The molecule has 2 aromatic carbocycles. The van der Waals surface area contributed by atoms with Crippen LogP contribution in [-0.2, 0) is 0 Å². The maximum Gasteiger partial charge on any atom is 0.229 e. The molecule has 0 atom stereocenters. The smallest absolute Gasteiger partial charge is 0.229 e. The molecule has 28 heavy (non-hydrogen) atoms. The summed E-state index contributed by atoms with van der Waals surface area (Å²) >= 11 is 6.03. The molecule has 144 valence electrons. The highest BCUT2D eigenvalue weighted by Crippen LogP contribution is 2.25. The molecule has 1 aliphatic heterocycles. The first-order valence-corrected chi connectivity index (χ1v) is 10.0. The van der Waals surface area contributed by atoms with Crippen molar-refractivity contribution in [2.45, 2.75) is 19.8 Å². The summed E-state index contributed by atoms with van der Waals surface area (Å²) in [6, 6.07) is 17.9. The molecule has 0 bridgehead atoms. The molecule has 2 N–H and O–H groups in total. The number of aromatic nitrogens is 2. The van der Waals surface area contributed by atoms with Gasteiger partial charge in [-0.15, -0.1) is 0 Å². The molecule has 0 saturated carbocycles. The Bertz CT molecular complexity index is 920. The molecular weight excluding hydrogens is 370 g/mol. The summed E-state index contributed by atoms with van der Waals surface area (Å²) < 4.78 is 0. The van der Waals surface area contributed by atoms with Gasteiger partial charge < -0.3 is 15.5 Å². The van der Waals surface area contributed by atoms with E-state index in [1.807, 2.05) is 30.3 Å². The van der Waals surface area contributed by atoms with E-state index in [9.17, 15) is 0 Å². The van der Waals surface area contributed by atoms with Gasteiger partial charge in [-0.05, 0) is 67.3 Å². The van der Waals surface area contributed by atoms with Gasteiger partial charge in [0.25, 0.3) is 0 Å². The van der Waals surface area contributed by atoms with Gasteiger partial charge in [-0.1, -0.05) is 24.6 Å². The quantitative estimate of drug-likeness (QED) is 0.569. The van der Waals surface area contributed by atoms with E-state index in [0.29, 0.717) is 11.0 Å². The van der Waals surface area contributed by atoms with Gasteiger partial charge in [-0.3, -0.25) is 0 Å². The lowest BCUT2D eigenvalue weighted by molar-refractivity contribution is 0.438. The number of anilines is 5. The highest BCUT2D eigenvalue weighted by molar-refractivity contribution is 6.30. The van der Waals surface area contributed by atoms with Gasteiger partial charge in [0.15, 0.2) is 0 Å². The van der Waals surface area contributed by atoms with Crippen LogP contribution in [0.15, 0.2) is 60.8 Å². The Balaban J connectivity index is 1.41. The largest absolute Gasteiger partial charge is 0.372 e. The van der Waals surface area contributed by atoms with Crippen molar-refractivity contribution >= 4 is 40.4 Å². The first-order valence-electron chi connectivity index (χ1n) is 9.63. The van der Waals surface area contributed by atoms with E-state index >= 15 is 0 Å². The monoisotopic (exact) mass is 393 g/mol. The number of hydrogen-bond acceptors (Lipinski definition) is 5. The number of piperidine rings is 1. The third-order valence-corrected chi connectivity index (χ3v) is 5.26. The Morgan fingerprint density at radius 2 is 1.75 bits per heavy atom. The summed E-state index contributed by atoms with van der Waals surface area (Å²) in [6.45, 7) is 4.61. The van der Waals surface area contributed by atoms with Crippen molar-refractivity contribution in [1.29, 1.82) is 0 Å². The number of halogens is 1. The SMILES string of the molecule is CC1CCN(c2ccc(Nc3ccnc(Nc4cccc(Cl)c4)n3)cc2)CC1. The number of nitrogens with one attached hydrogen (secondary N) is 2. The minimum absolute atomic E-state index is 0.520. The van der Waals surface area contributed by atoms with Crippen LogP contribution in [0.25, 0.3) is 0 Å². The van der Waals surface area contributed by atoms with Crippen LogP contribution in [0, 0.1) is 5.92 Å². The van der Waals surface area contributed by atoms with Gasteiger partial charge in [-0.2, -0.15) is 4.98 Å². The van der Waals surface area contributed by atoms with Crippen LogP contribution in [0.3, 0.4) is 0 Å². The summed E-state index contributed by atoms with van der Waals surface area (Å²) in [4.78, 5) is 11.3. The Hall–Kier alpha value is -2.79. The molecule has 2 heterocycles. The van der Waals surface area contributed by atoms with Gasteiger partial charge in [0.1, 0.15) is 5.82 Å². The lowest BCUT2D eigenvalue weighted by atomic mass is 9.99. The third kappa shape index (κ3) is 4.73. The Morgan fingerprint density at radius 3 is 2.50 bits per heavy atom. The molecule has 5 nitrogen and oxygen atoms in total. The number of rotatable bonds is 5. The lowest BCUT2D eigenvalue weighted by Gasteiger charge is -2.32. The predicted octanol–water partition coefficient (Wildman–Crippen LogP) is 5.85. The lowest BCUT2D eigenvalue weighted by Crippen LogP contribution is -2.32. The average molecular weight is 394 g/mol. The van der Waals surface area contributed by atoms with Gasteiger partial charge >= 0.3 is 0 Å². The van der Waals surface area contributed by atoms with Gasteiger partial charge in [-0.25, -0.2) is 4.98 Å². The molecule has 0 spiro atoms. The summed E-state index contributed by atoms with van der Waals surface area (Å²) in [7, 11) is 0. The van der Waals surface area contributed by atoms with Crippen molar-refractivity contribution in [3.63, 3.8) is 0 Å². The summed E-state index contributed by atoms with van der Waals surface area (Å²) in [6.07, 6.45) is 4.26. The van der Waals surface area contributed by atoms with Gasteiger partial charge in [0.2, 0.25) is 5.95 Å². The minimum Gasteiger partial charge on any atom is -0.372 e. The number of benzene rings is 2. The van der Waals surface area contributed by atoms with Crippen molar-refractivity contribution in [2.24, 2.45) is 5.92 Å². The van der Waals surface area contributed by atoms with E-state index in [-0.39, 0.29) is 0 Å². The molecule has 0 aliphatic carbocycles. The number of hydrogen-bond donors (Lipinski definition) is 2. The zero-order valence-electron chi connectivity index (χ0n) is 15.9. The van der Waals surface area contributed by atoms with Crippen LogP contribution in [0.1, 0.15) is 19.8 Å². The second-order valence-electron chi connectivity index (χ2n) is 7.24. The Kier molecular flexibility index (Phi) is 5.63. The fourth-order valence-electron chi connectivity index (χ4n) is 3.35. The standard InChI is InChI=1S/C22H24ClN5/c1-16-10-13-28(14-11-16)20-7-5-18(6-8-20)25-21-9-12-24-22(27-21)26-19-4-2-3-17(23)15-19/h2-9,12,15-16H,10-11,13-14H2,1H3,(H2,24,25,26,27). The normalized spacial score (nSPS) is 14.7. The highest BCUT2D eigenvalue weighted by Gasteiger charge is 2.15. The maximum atomic E-state index is 6.03. The summed E-state index contributed by atoms with van der Waals surface area (Å²) in [5, 5.41) is 7.19. The van der Waals surface area contributed by atoms with E-state index < -0.39 is 0 Å². The van der Waals surface area contributed by atoms with E-state index in [2.05, 4.69) is 56.7 Å². The van der Waals surface area contributed by atoms with E-state index in [4.69, 9.17) is 11.6 Å². The highest BCUT2D eigenvalue weighted by atomic mass is 35.5. The van der Waals surface area contributed by atoms with Crippen molar-refractivity contribution in [2.75, 3.05) is 28.6 Å². The molecule has 4 rings (SSSR count). The van der Waals surface area contributed by atoms with E-state index in [0.717, 1.165) is 36.2 Å². The zero-order valence-corrected chi connectivity index (χ0v) is 16.7. The topological polar surface area (TPSA) is 53.1 Å². The molecule has 0 amide bonds. The first kappa shape index (κ1) is 18.6. The van der Waals surface area contributed by atoms with Crippen molar-refractivity contribution in [3.8, 4) is 0 Å². The van der Waals surface area contributed by atoms with Crippen LogP contribution >= 0.6 is 11.6 Å². The van der Waals surface area contributed by atoms with Crippen LogP contribution in [0.5, 0.6) is 0 Å². The molecule has 0 radical (unpaired) electrons. The van der Waals surface area contributed by atoms with Crippen molar-refractivity contribution < 1.29 is 0 Å². The first-order chi connectivity index (χ1) is 13.7. The number of nitrogens with zero attached hydrogens (tertiary/aromatic N) is 3. The molecule has 1 aliphatic rings. The maximum absolute atomic E-state index is 6.03. The van der Waals surface area contributed by atoms with Crippen molar-refractivity contribution in [3.05, 3.63) is 65.8 Å². The van der Waals surface area contributed by atoms with Crippen LogP contribution in [-0.4, -0.2) is 23.1 Å². The predicted molar refractivity (Wildman–Crippen MR) is 117 cm³/mol. The molecular formula is C22H24ClN5. The van der Waals surface area contributed by atoms with Crippen LogP contribution in [0.4, 0.5) is 28.8 Å². The summed E-state index contributed by atoms with van der Waals surface area (Å²) in [5.41, 5.74) is 3.13. The molecule has 6 heteroatoms. The fourth-order valence-corrected chi connectivity index (χ4v) is 3.54. The third-order valence-electron chi connectivity index (χ3n) is 5.02. The summed E-state index contributed by atoms with van der Waals surface area (Å²) in [5.74, 6) is 2.09. The average Bonchev–Trinajstić information content (AvgIpc) is 2.70. The van der Waals surface area contributed by atoms with Gasteiger partial charge in [0, 0.05) is 41.4 Å². The molecule has 3 aromatic rings. The molecule has 1 saturated heterocycles. The van der Waals surface area contributed by atoms with Gasteiger partial charge in [0.05, 0.1) is 0 Å². The molecule has 0 unspecified atom stereocenters. The fraction of sp³-hybridized carbons (Fsp3) is 0.273. The minimum atomic E-state index is 0.520. The Morgan fingerprint density at radius 1 is 0.964 bits per heavy atom. The second-order valence-corrected chi connectivity index (χ2v) is 7.68. The molecule has 1 aromatic heterocycles. The van der Waals surface area contributed by atoms with Crippen molar-refractivity contribution in [1.82, 2.24) is 9.97 Å². The second kappa shape index (κ2) is 8.48. The van der Waals surface area contributed by atoms with E-state index in [1.165, 1.54) is 18.5 Å². The van der Waals surface area contributed by atoms with Crippen LogP contribution < -0.4 is 15.5 Å². The Labute approximate surface area is 170 Å². The van der Waals surface area contributed by atoms with E-state index in [1.54, 1.807) is 6.20 Å². The zero-order chi connectivity index (χ0) is 19.3. The molecule has 1 fully saturated rings.